The lowest BCUT2D eigenvalue weighted by Crippen LogP contribution is -2.48. The number of hydrogen-bond acceptors (Lipinski definition) is 10. The molecule has 1 saturated heterocycles. The molecule has 1 aliphatic heterocycles. The van der Waals surface area contributed by atoms with E-state index in [0.29, 0.717) is 59.4 Å². The highest BCUT2D eigenvalue weighted by molar-refractivity contribution is 5.99. The van der Waals surface area contributed by atoms with Crippen molar-refractivity contribution in [2.45, 2.75) is 78.6 Å². The van der Waals surface area contributed by atoms with Crippen LogP contribution in [0.2, 0.25) is 0 Å². The highest BCUT2D eigenvalue weighted by Crippen LogP contribution is 2.33. The van der Waals surface area contributed by atoms with E-state index in [1.165, 1.54) is 11.1 Å². The van der Waals surface area contributed by atoms with Gasteiger partial charge in [-0.15, -0.1) is 0 Å². The Balaban J connectivity index is 1.30. The number of amides is 3. The fraction of sp³-hybridized carbons (Fsp3) is 0.417. The van der Waals surface area contributed by atoms with Crippen LogP contribution in [0, 0.1) is 6.92 Å². The molecule has 1 fully saturated rings. The Morgan fingerprint density at radius 2 is 1.67 bits per heavy atom. The monoisotopic (exact) mass is 701 g/mol. The molecule has 2 aromatic heterocycles. The molecule has 0 saturated carbocycles. The Bertz CT molecular complexity index is 1940. The third-order valence-electron chi connectivity index (χ3n) is 7.70. The number of aromatic nitrogens is 4. The van der Waals surface area contributed by atoms with Gasteiger partial charge in [-0.2, -0.15) is 9.78 Å². The summed E-state index contributed by atoms with van der Waals surface area (Å²) in [6, 6.07) is 11.6. The Hall–Kier alpha value is -5.73. The molecule has 3 heterocycles. The summed E-state index contributed by atoms with van der Waals surface area (Å²) in [5.41, 5.74) is 0.487. The van der Waals surface area contributed by atoms with Crippen LogP contribution in [-0.4, -0.2) is 90.9 Å². The Labute approximate surface area is 295 Å². The number of nitrogens with zero attached hydrogens (tertiary/aromatic N) is 6. The lowest BCUT2D eigenvalue weighted by molar-refractivity contribution is -0.124. The molecular weight excluding hydrogens is 658 g/mol. The molecule has 4 aromatic rings. The van der Waals surface area contributed by atoms with Crippen molar-refractivity contribution in [3.8, 4) is 17.1 Å². The van der Waals surface area contributed by atoms with Gasteiger partial charge in [0.05, 0.1) is 17.4 Å². The molecule has 0 spiro atoms. The van der Waals surface area contributed by atoms with E-state index in [1.54, 1.807) is 81.3 Å². The maximum absolute atomic E-state index is 13.7. The number of carbonyl (C=O) groups is 4. The zero-order valence-electron chi connectivity index (χ0n) is 29.8. The van der Waals surface area contributed by atoms with Crippen molar-refractivity contribution in [3.63, 3.8) is 0 Å². The molecule has 5 rings (SSSR count). The maximum atomic E-state index is 13.7. The second-order valence-corrected chi connectivity index (χ2v) is 14.2. The van der Waals surface area contributed by atoms with Gasteiger partial charge in [0, 0.05) is 41.8 Å². The number of nitrogens with one attached hydrogen (secondary N) is 1. The first-order valence-corrected chi connectivity index (χ1v) is 16.6. The number of benzene rings is 2. The lowest BCUT2D eigenvalue weighted by atomic mass is 10.1. The average Bonchev–Trinajstić information content (AvgIpc) is 3.48. The fourth-order valence-corrected chi connectivity index (χ4v) is 5.41. The number of anilines is 2. The number of rotatable bonds is 7. The van der Waals surface area contributed by atoms with Gasteiger partial charge in [0.15, 0.2) is 12.4 Å². The summed E-state index contributed by atoms with van der Waals surface area (Å²) in [4.78, 5) is 62.6. The van der Waals surface area contributed by atoms with Gasteiger partial charge in [-0.3, -0.25) is 4.79 Å². The van der Waals surface area contributed by atoms with Crippen molar-refractivity contribution in [2.24, 2.45) is 0 Å². The molecule has 270 valence electrons. The van der Waals surface area contributed by atoms with Gasteiger partial charge >= 0.3 is 18.3 Å². The van der Waals surface area contributed by atoms with Gasteiger partial charge in [0.25, 0.3) is 5.91 Å². The summed E-state index contributed by atoms with van der Waals surface area (Å²) >= 11 is 0. The highest BCUT2D eigenvalue weighted by atomic mass is 16.6. The van der Waals surface area contributed by atoms with E-state index in [1.807, 2.05) is 20.8 Å². The largest absolute Gasteiger partial charge is 0.484 e. The van der Waals surface area contributed by atoms with E-state index in [-0.39, 0.29) is 36.3 Å². The van der Waals surface area contributed by atoms with Gasteiger partial charge in [-0.1, -0.05) is 12.1 Å². The molecule has 2 N–H and O–H groups in total. The summed E-state index contributed by atoms with van der Waals surface area (Å²) in [7, 11) is 0. The van der Waals surface area contributed by atoms with Crippen molar-refractivity contribution < 1.29 is 38.5 Å². The van der Waals surface area contributed by atoms with Crippen molar-refractivity contribution in [3.05, 3.63) is 60.4 Å². The predicted molar refractivity (Wildman–Crippen MR) is 188 cm³/mol. The maximum Gasteiger partial charge on any atom is 0.432 e. The van der Waals surface area contributed by atoms with E-state index in [0.717, 1.165) is 4.68 Å². The summed E-state index contributed by atoms with van der Waals surface area (Å²) in [5, 5.41) is 16.9. The molecule has 15 nitrogen and oxygen atoms in total. The molecular formula is C36H43N7O8. The van der Waals surface area contributed by atoms with Crippen LogP contribution in [0.4, 0.5) is 25.9 Å². The first-order chi connectivity index (χ1) is 24.0. The van der Waals surface area contributed by atoms with Crippen LogP contribution in [0.15, 0.2) is 54.9 Å². The number of ether oxygens (including phenoxy) is 3. The molecule has 0 aliphatic carbocycles. The minimum Gasteiger partial charge on any atom is -0.484 e. The van der Waals surface area contributed by atoms with Crippen molar-refractivity contribution in [2.75, 3.05) is 24.6 Å². The summed E-state index contributed by atoms with van der Waals surface area (Å²) in [6.45, 7) is 13.2. The summed E-state index contributed by atoms with van der Waals surface area (Å²) in [5.74, 6) is 0.667. The Kier molecular flexibility index (Phi) is 10.5. The highest BCUT2D eigenvalue weighted by Gasteiger charge is 2.30. The van der Waals surface area contributed by atoms with E-state index >= 15 is 0 Å². The smallest absolute Gasteiger partial charge is 0.432 e. The third kappa shape index (κ3) is 9.29. The predicted octanol–water partition coefficient (Wildman–Crippen LogP) is 6.30. The molecule has 0 bridgehead atoms. The zero-order chi connectivity index (χ0) is 37.1. The standard InChI is InChI=1S/C36H43N7O8/c1-22-19-37-30(40-31(22)42(34(48)51-36(5,6)7)26-11-12-28-24(17-26)20-38-43(28)32(45)46)23-9-8-10-27(18-23)49-21-29(44)39-25-13-15-41(16-14-25)33(47)50-35(2,3)4/h8-12,17-20,25H,13-16,21H2,1-7H3,(H,39,44)(H,45,46). The van der Waals surface area contributed by atoms with Crippen molar-refractivity contribution in [1.82, 2.24) is 30.0 Å². The second kappa shape index (κ2) is 14.6. The SMILES string of the molecule is Cc1cnc(-c2cccc(OCC(=O)NC3CCN(C(=O)OC(C)(C)C)CC3)c2)nc1N(C(=O)OC(C)(C)C)c1ccc2c(cnn2C(=O)O)c1. The summed E-state index contributed by atoms with van der Waals surface area (Å²) < 4.78 is 17.9. The number of carbonyl (C=O) groups excluding carboxylic acids is 3. The van der Waals surface area contributed by atoms with Gasteiger partial charge in [0.1, 0.15) is 22.8 Å². The second-order valence-electron chi connectivity index (χ2n) is 14.2. The fourth-order valence-electron chi connectivity index (χ4n) is 5.41. The normalized spacial score (nSPS) is 13.8. The van der Waals surface area contributed by atoms with Crippen molar-refractivity contribution in [1.29, 1.82) is 0 Å². The third-order valence-corrected chi connectivity index (χ3v) is 7.70. The number of likely N-dealkylation sites (tertiary alicyclic amines) is 1. The molecule has 2 aromatic carbocycles. The number of piperidine rings is 1. The molecule has 0 unspecified atom stereocenters. The van der Waals surface area contributed by atoms with Crippen LogP contribution >= 0.6 is 0 Å². The number of hydrogen-bond donors (Lipinski definition) is 2. The number of aryl methyl sites for hydroxylation is 1. The van der Waals surface area contributed by atoms with Crippen LogP contribution in [0.25, 0.3) is 22.3 Å². The number of fused-ring (bicyclic) bond motifs is 1. The van der Waals surface area contributed by atoms with Crippen LogP contribution in [0.3, 0.4) is 0 Å². The molecule has 0 atom stereocenters. The average molecular weight is 702 g/mol. The Morgan fingerprint density at radius 3 is 2.33 bits per heavy atom. The molecule has 1 aliphatic rings. The zero-order valence-corrected chi connectivity index (χ0v) is 29.8. The quantitative estimate of drug-likeness (QED) is 0.221. The van der Waals surface area contributed by atoms with Gasteiger partial charge in [0.2, 0.25) is 0 Å². The lowest BCUT2D eigenvalue weighted by Gasteiger charge is -2.33. The first-order valence-electron chi connectivity index (χ1n) is 16.6. The Morgan fingerprint density at radius 1 is 0.961 bits per heavy atom. The molecule has 51 heavy (non-hydrogen) atoms. The van der Waals surface area contributed by atoms with E-state index in [4.69, 9.17) is 19.2 Å². The van der Waals surface area contributed by atoms with E-state index in [2.05, 4.69) is 15.4 Å². The van der Waals surface area contributed by atoms with Crippen molar-refractivity contribution >= 4 is 46.6 Å². The summed E-state index contributed by atoms with van der Waals surface area (Å²) in [6.07, 6.45) is 1.91. The molecule has 15 heteroatoms. The van der Waals surface area contributed by atoms with E-state index < -0.39 is 23.4 Å². The van der Waals surface area contributed by atoms with Gasteiger partial charge in [-0.05, 0) is 91.6 Å². The minimum atomic E-state index is -1.23. The first kappa shape index (κ1) is 36.5. The number of carboxylic acid groups (broad SMARTS) is 1. The van der Waals surface area contributed by atoms with Crippen LogP contribution < -0.4 is 15.0 Å². The topological polar surface area (TPSA) is 178 Å². The van der Waals surface area contributed by atoms with E-state index in [9.17, 15) is 24.3 Å². The molecule has 0 radical (unpaired) electrons. The van der Waals surface area contributed by atoms with Crippen LogP contribution in [0.1, 0.15) is 59.9 Å². The van der Waals surface area contributed by atoms with Crippen LogP contribution in [-0.2, 0) is 14.3 Å². The molecule has 3 amide bonds. The minimum absolute atomic E-state index is 0.0903. The van der Waals surface area contributed by atoms with Gasteiger partial charge in [-0.25, -0.2) is 29.3 Å². The van der Waals surface area contributed by atoms with Crippen LogP contribution in [0.5, 0.6) is 5.75 Å². The van der Waals surface area contributed by atoms with Gasteiger partial charge < -0.3 is 29.5 Å².